The van der Waals surface area contributed by atoms with E-state index in [0.29, 0.717) is 17.1 Å². The van der Waals surface area contributed by atoms with Crippen molar-refractivity contribution in [3.05, 3.63) is 23.8 Å². The van der Waals surface area contributed by atoms with Gasteiger partial charge in [0, 0.05) is 26.6 Å². The first-order chi connectivity index (χ1) is 9.87. The Morgan fingerprint density at radius 2 is 1.71 bits per heavy atom. The molecule has 1 atom stereocenters. The summed E-state index contributed by atoms with van der Waals surface area (Å²) in [6.45, 7) is 0. The summed E-state index contributed by atoms with van der Waals surface area (Å²) < 4.78 is 10.3. The van der Waals surface area contributed by atoms with E-state index in [9.17, 15) is 14.7 Å². The van der Waals surface area contributed by atoms with E-state index in [1.165, 1.54) is 19.1 Å². The third-order valence-corrected chi connectivity index (χ3v) is 2.85. The van der Waals surface area contributed by atoms with Crippen molar-refractivity contribution in [3.8, 4) is 11.5 Å². The molecular weight excluding hydrogens is 276 g/mol. The van der Waals surface area contributed by atoms with Crippen LogP contribution < -0.4 is 14.8 Å². The van der Waals surface area contributed by atoms with E-state index in [-0.39, 0.29) is 6.42 Å². The zero-order chi connectivity index (χ0) is 16.0. The van der Waals surface area contributed by atoms with E-state index in [4.69, 9.17) is 9.47 Å². The number of hydrogen-bond acceptors (Lipinski definition) is 4. The maximum atomic E-state index is 11.6. The van der Waals surface area contributed by atoms with Crippen LogP contribution in [0.15, 0.2) is 18.2 Å². The molecule has 21 heavy (non-hydrogen) atoms. The van der Waals surface area contributed by atoms with Crippen molar-refractivity contribution >= 4 is 12.0 Å². The number of nitrogens with one attached hydrogen (secondary N) is 1. The number of carboxylic acids is 1. The molecule has 0 saturated carbocycles. The second-order valence-corrected chi connectivity index (χ2v) is 4.66. The molecule has 0 aliphatic rings. The molecule has 7 nitrogen and oxygen atoms in total. The van der Waals surface area contributed by atoms with Gasteiger partial charge in [-0.1, -0.05) is 0 Å². The van der Waals surface area contributed by atoms with E-state index in [1.807, 2.05) is 0 Å². The van der Waals surface area contributed by atoms with Crippen molar-refractivity contribution < 1.29 is 24.2 Å². The highest BCUT2D eigenvalue weighted by Crippen LogP contribution is 2.23. The second-order valence-electron chi connectivity index (χ2n) is 4.66. The van der Waals surface area contributed by atoms with Crippen molar-refractivity contribution in [2.45, 2.75) is 12.5 Å². The summed E-state index contributed by atoms with van der Waals surface area (Å²) in [6.07, 6.45) is 0.127. The van der Waals surface area contributed by atoms with Crippen molar-refractivity contribution in [3.63, 3.8) is 0 Å². The summed E-state index contributed by atoms with van der Waals surface area (Å²) in [5.74, 6) is 0.0202. The molecule has 0 radical (unpaired) electrons. The van der Waals surface area contributed by atoms with Crippen molar-refractivity contribution in [2.75, 3.05) is 28.3 Å². The lowest BCUT2D eigenvalue weighted by Gasteiger charge is -2.18. The second kappa shape index (κ2) is 7.37. The third kappa shape index (κ3) is 4.87. The van der Waals surface area contributed by atoms with Crippen LogP contribution in [0.25, 0.3) is 0 Å². The number of methoxy groups -OCH3 is 2. The zero-order valence-electron chi connectivity index (χ0n) is 12.5. The fourth-order valence-electron chi connectivity index (χ4n) is 1.70. The summed E-state index contributed by atoms with van der Waals surface area (Å²) in [6, 6.07) is 3.62. The molecule has 0 bridgehead atoms. The summed E-state index contributed by atoms with van der Waals surface area (Å²) in [4.78, 5) is 24.2. The molecule has 0 fully saturated rings. The molecule has 116 valence electrons. The molecule has 2 amide bonds. The Morgan fingerprint density at radius 3 is 2.10 bits per heavy atom. The quantitative estimate of drug-likeness (QED) is 0.816. The SMILES string of the molecule is COc1cc(CC(NC(=O)N(C)C)C(=O)O)cc(OC)c1. The van der Waals surface area contributed by atoms with Gasteiger partial charge < -0.3 is 24.8 Å². The van der Waals surface area contributed by atoms with E-state index in [2.05, 4.69) is 5.32 Å². The number of urea groups is 1. The van der Waals surface area contributed by atoms with E-state index in [1.54, 1.807) is 32.3 Å². The van der Waals surface area contributed by atoms with Gasteiger partial charge in [-0.15, -0.1) is 0 Å². The predicted molar refractivity (Wildman–Crippen MR) is 76.9 cm³/mol. The maximum Gasteiger partial charge on any atom is 0.326 e. The number of aliphatic carboxylic acids is 1. The minimum absolute atomic E-state index is 0.127. The fourth-order valence-corrected chi connectivity index (χ4v) is 1.70. The number of rotatable bonds is 6. The molecule has 1 aromatic carbocycles. The van der Waals surface area contributed by atoms with Crippen molar-refractivity contribution in [2.24, 2.45) is 0 Å². The van der Waals surface area contributed by atoms with Gasteiger partial charge in [-0.3, -0.25) is 0 Å². The number of ether oxygens (including phenoxy) is 2. The average molecular weight is 296 g/mol. The molecule has 1 unspecified atom stereocenters. The fraction of sp³-hybridized carbons (Fsp3) is 0.429. The molecule has 0 spiro atoms. The highest BCUT2D eigenvalue weighted by Gasteiger charge is 2.21. The van der Waals surface area contributed by atoms with Gasteiger partial charge in [-0.2, -0.15) is 0 Å². The molecule has 0 aliphatic heterocycles. The zero-order valence-corrected chi connectivity index (χ0v) is 12.5. The van der Waals surface area contributed by atoms with Gasteiger partial charge in [0.25, 0.3) is 0 Å². The highest BCUT2D eigenvalue weighted by atomic mass is 16.5. The van der Waals surface area contributed by atoms with Gasteiger partial charge in [0.05, 0.1) is 14.2 Å². The van der Waals surface area contributed by atoms with Crippen LogP contribution in [0.4, 0.5) is 4.79 Å². The number of carboxylic acid groups (broad SMARTS) is 1. The Kier molecular flexibility index (Phi) is 5.83. The maximum absolute atomic E-state index is 11.6. The molecule has 7 heteroatoms. The Bertz CT molecular complexity index is 494. The normalized spacial score (nSPS) is 11.4. The smallest absolute Gasteiger partial charge is 0.326 e. The number of carbonyl (C=O) groups excluding carboxylic acids is 1. The first kappa shape index (κ1) is 16.6. The van der Waals surface area contributed by atoms with Crippen LogP contribution in [0, 0.1) is 0 Å². The van der Waals surface area contributed by atoms with Gasteiger partial charge >= 0.3 is 12.0 Å². The minimum Gasteiger partial charge on any atom is -0.497 e. The van der Waals surface area contributed by atoms with Gasteiger partial charge in [0.1, 0.15) is 17.5 Å². The molecule has 1 aromatic rings. The van der Waals surface area contributed by atoms with Gasteiger partial charge in [-0.25, -0.2) is 9.59 Å². The monoisotopic (exact) mass is 296 g/mol. The Balaban J connectivity index is 2.93. The largest absolute Gasteiger partial charge is 0.497 e. The number of hydrogen-bond donors (Lipinski definition) is 2. The molecule has 0 heterocycles. The van der Waals surface area contributed by atoms with E-state index in [0.717, 1.165) is 0 Å². The lowest BCUT2D eigenvalue weighted by molar-refractivity contribution is -0.139. The van der Waals surface area contributed by atoms with Crippen LogP contribution in [0.2, 0.25) is 0 Å². The topological polar surface area (TPSA) is 88.1 Å². The van der Waals surface area contributed by atoms with Crippen LogP contribution in [-0.4, -0.2) is 56.4 Å². The third-order valence-electron chi connectivity index (χ3n) is 2.85. The Labute approximate surface area is 123 Å². The van der Waals surface area contributed by atoms with Crippen molar-refractivity contribution in [1.82, 2.24) is 10.2 Å². The Hall–Kier alpha value is -2.44. The standard InChI is InChI=1S/C14H20N2O5/c1-16(2)14(19)15-12(13(17)18)7-9-5-10(20-3)8-11(6-9)21-4/h5-6,8,12H,7H2,1-4H3,(H,15,19)(H,17,18). The van der Waals surface area contributed by atoms with Gasteiger partial charge in [0.15, 0.2) is 0 Å². The molecule has 1 rings (SSSR count). The van der Waals surface area contributed by atoms with Crippen LogP contribution in [0.1, 0.15) is 5.56 Å². The van der Waals surface area contributed by atoms with E-state index >= 15 is 0 Å². The number of carbonyl (C=O) groups is 2. The molecular formula is C14H20N2O5. The van der Waals surface area contributed by atoms with Gasteiger partial charge in [-0.05, 0) is 17.7 Å². The van der Waals surface area contributed by atoms with Crippen LogP contribution >= 0.6 is 0 Å². The lowest BCUT2D eigenvalue weighted by atomic mass is 10.1. The first-order valence-corrected chi connectivity index (χ1v) is 6.30. The number of benzene rings is 1. The van der Waals surface area contributed by atoms with E-state index < -0.39 is 18.0 Å². The minimum atomic E-state index is -1.10. The molecule has 0 aromatic heterocycles. The predicted octanol–water partition coefficient (Wildman–Crippen LogP) is 0.971. The summed E-state index contributed by atoms with van der Waals surface area (Å²) in [7, 11) is 6.12. The summed E-state index contributed by atoms with van der Waals surface area (Å²) in [5.41, 5.74) is 0.692. The van der Waals surface area contributed by atoms with Crippen LogP contribution in [0.3, 0.4) is 0 Å². The van der Waals surface area contributed by atoms with Crippen LogP contribution in [-0.2, 0) is 11.2 Å². The number of amides is 2. The first-order valence-electron chi connectivity index (χ1n) is 6.30. The van der Waals surface area contributed by atoms with Crippen LogP contribution in [0.5, 0.6) is 11.5 Å². The highest BCUT2D eigenvalue weighted by molar-refractivity contribution is 5.82. The summed E-state index contributed by atoms with van der Waals surface area (Å²) in [5, 5.41) is 11.7. The van der Waals surface area contributed by atoms with Gasteiger partial charge in [0.2, 0.25) is 0 Å². The molecule has 0 saturated heterocycles. The average Bonchev–Trinajstić information content (AvgIpc) is 2.45. The van der Waals surface area contributed by atoms with Crippen molar-refractivity contribution in [1.29, 1.82) is 0 Å². The summed E-state index contributed by atoms with van der Waals surface area (Å²) >= 11 is 0. The lowest BCUT2D eigenvalue weighted by Crippen LogP contribution is -2.46. The molecule has 0 aliphatic carbocycles. The molecule has 2 N–H and O–H groups in total. The Morgan fingerprint density at radius 1 is 1.19 bits per heavy atom. The number of nitrogens with zero attached hydrogens (tertiary/aromatic N) is 1.